The molecule has 1 aromatic heterocycles. The third-order valence-corrected chi connectivity index (χ3v) is 3.58. The van der Waals surface area contributed by atoms with Crippen LogP contribution in [0.2, 0.25) is 0 Å². The average molecular weight is 262 g/mol. The zero-order chi connectivity index (χ0) is 13.8. The molecule has 1 aliphatic rings. The van der Waals surface area contributed by atoms with Gasteiger partial charge in [0.1, 0.15) is 5.82 Å². The van der Waals surface area contributed by atoms with E-state index in [2.05, 4.69) is 15.2 Å². The summed E-state index contributed by atoms with van der Waals surface area (Å²) in [6.07, 6.45) is 2.62. The van der Waals surface area contributed by atoms with Gasteiger partial charge in [-0.25, -0.2) is 4.98 Å². The number of anilines is 1. The van der Waals surface area contributed by atoms with Crippen LogP contribution in [0, 0.1) is 13.8 Å². The Morgan fingerprint density at radius 3 is 2.68 bits per heavy atom. The van der Waals surface area contributed by atoms with Crippen molar-refractivity contribution in [2.45, 2.75) is 26.7 Å². The van der Waals surface area contributed by atoms with Crippen molar-refractivity contribution in [1.82, 2.24) is 9.88 Å². The predicted molar refractivity (Wildman–Crippen MR) is 76.4 cm³/mol. The zero-order valence-electron chi connectivity index (χ0n) is 11.7. The lowest BCUT2D eigenvalue weighted by Crippen LogP contribution is -2.26. The number of likely N-dealkylation sites (tertiary alicyclic amines) is 1. The van der Waals surface area contributed by atoms with E-state index >= 15 is 0 Å². The van der Waals surface area contributed by atoms with E-state index in [-0.39, 0.29) is 0 Å². The smallest absolute Gasteiger partial charge is 0.250 e. The van der Waals surface area contributed by atoms with Crippen LogP contribution in [0.5, 0.6) is 0 Å². The van der Waals surface area contributed by atoms with Gasteiger partial charge in [0.2, 0.25) is 0 Å². The normalized spacial score (nSPS) is 15.7. The number of amides is 1. The number of carbonyl (C=O) groups is 1. The quantitative estimate of drug-likeness (QED) is 0.839. The summed E-state index contributed by atoms with van der Waals surface area (Å²) in [5, 5.41) is 3.31. The molecule has 2 heterocycles. The predicted octanol–water partition coefficient (Wildman–Crippen LogP) is 1.31. The molecule has 0 atom stereocenters. The molecule has 0 aliphatic carbocycles. The van der Waals surface area contributed by atoms with Gasteiger partial charge in [-0.05, 0) is 51.4 Å². The number of aryl methyl sites for hydroxylation is 2. The summed E-state index contributed by atoms with van der Waals surface area (Å²) in [6.45, 7) is 8.03. The summed E-state index contributed by atoms with van der Waals surface area (Å²) in [5.41, 5.74) is 7.44. The monoisotopic (exact) mass is 262 g/mol. The Kier molecular flexibility index (Phi) is 4.37. The lowest BCUT2D eigenvalue weighted by molar-refractivity contribution is 0.0999. The van der Waals surface area contributed by atoms with Crippen molar-refractivity contribution < 1.29 is 4.79 Å². The van der Waals surface area contributed by atoms with E-state index in [1.165, 1.54) is 25.9 Å². The molecule has 1 amide bonds. The van der Waals surface area contributed by atoms with Crippen molar-refractivity contribution in [3.05, 3.63) is 22.9 Å². The van der Waals surface area contributed by atoms with E-state index in [0.717, 1.165) is 24.5 Å². The van der Waals surface area contributed by atoms with Gasteiger partial charge in [-0.15, -0.1) is 0 Å². The van der Waals surface area contributed by atoms with Crippen LogP contribution in [0.3, 0.4) is 0 Å². The number of aromatic nitrogens is 1. The third kappa shape index (κ3) is 3.44. The molecule has 0 unspecified atom stereocenters. The number of nitrogens with zero attached hydrogens (tertiary/aromatic N) is 2. The molecular formula is C14H22N4O. The summed E-state index contributed by atoms with van der Waals surface area (Å²) in [6, 6.07) is 1.89. The molecule has 0 aromatic carbocycles. The van der Waals surface area contributed by atoms with Crippen LogP contribution in [-0.4, -0.2) is 42.0 Å². The van der Waals surface area contributed by atoms with Crippen LogP contribution in [0.1, 0.15) is 34.5 Å². The molecule has 1 aliphatic heterocycles. The van der Waals surface area contributed by atoms with Crippen molar-refractivity contribution >= 4 is 11.7 Å². The summed E-state index contributed by atoms with van der Waals surface area (Å²) >= 11 is 0. The van der Waals surface area contributed by atoms with Crippen LogP contribution in [0.25, 0.3) is 0 Å². The summed E-state index contributed by atoms with van der Waals surface area (Å²) < 4.78 is 0. The number of nitrogens with two attached hydrogens (primary N) is 1. The highest BCUT2D eigenvalue weighted by molar-refractivity contribution is 5.95. The first kappa shape index (κ1) is 13.8. The fraction of sp³-hybridized carbons (Fsp3) is 0.571. The SMILES string of the molecule is Cc1cc(NCCN2CCCC2)nc(C)c1C(N)=O. The lowest BCUT2D eigenvalue weighted by Gasteiger charge is -2.16. The molecule has 19 heavy (non-hydrogen) atoms. The standard InChI is InChI=1S/C14H22N4O/c1-10-9-12(17-11(2)13(10)14(15)19)16-5-8-18-6-3-4-7-18/h9H,3-8H2,1-2H3,(H2,15,19)(H,16,17). The van der Waals surface area contributed by atoms with Crippen LogP contribution < -0.4 is 11.1 Å². The maximum absolute atomic E-state index is 11.3. The second-order valence-electron chi connectivity index (χ2n) is 5.12. The highest BCUT2D eigenvalue weighted by Gasteiger charge is 2.13. The highest BCUT2D eigenvalue weighted by atomic mass is 16.1. The first-order valence-corrected chi connectivity index (χ1v) is 6.82. The highest BCUT2D eigenvalue weighted by Crippen LogP contribution is 2.16. The van der Waals surface area contributed by atoms with Crippen molar-refractivity contribution in [1.29, 1.82) is 0 Å². The summed E-state index contributed by atoms with van der Waals surface area (Å²) in [7, 11) is 0. The number of rotatable bonds is 5. The van der Waals surface area contributed by atoms with Crippen LogP contribution >= 0.6 is 0 Å². The minimum absolute atomic E-state index is 0.411. The van der Waals surface area contributed by atoms with E-state index in [1.54, 1.807) is 0 Å². The molecule has 2 rings (SSSR count). The fourth-order valence-electron chi connectivity index (χ4n) is 2.64. The average Bonchev–Trinajstić information content (AvgIpc) is 2.80. The van der Waals surface area contributed by atoms with Gasteiger partial charge in [-0.3, -0.25) is 4.79 Å². The van der Waals surface area contributed by atoms with E-state index in [0.29, 0.717) is 11.3 Å². The van der Waals surface area contributed by atoms with Crippen molar-refractivity contribution in [2.75, 3.05) is 31.5 Å². The van der Waals surface area contributed by atoms with Gasteiger partial charge < -0.3 is 16.0 Å². The van der Waals surface area contributed by atoms with Gasteiger partial charge in [0.25, 0.3) is 5.91 Å². The van der Waals surface area contributed by atoms with Gasteiger partial charge in [-0.1, -0.05) is 0 Å². The number of pyridine rings is 1. The Labute approximate surface area is 114 Å². The lowest BCUT2D eigenvalue weighted by atomic mass is 10.1. The van der Waals surface area contributed by atoms with Crippen LogP contribution in [-0.2, 0) is 0 Å². The van der Waals surface area contributed by atoms with Crippen LogP contribution in [0.15, 0.2) is 6.07 Å². The number of hydrogen-bond donors (Lipinski definition) is 2. The molecule has 0 bridgehead atoms. The minimum Gasteiger partial charge on any atom is -0.369 e. The maximum Gasteiger partial charge on any atom is 0.250 e. The van der Waals surface area contributed by atoms with Crippen molar-refractivity contribution in [3.63, 3.8) is 0 Å². The molecule has 1 aromatic rings. The Morgan fingerprint density at radius 2 is 2.11 bits per heavy atom. The molecule has 5 nitrogen and oxygen atoms in total. The third-order valence-electron chi connectivity index (χ3n) is 3.58. The molecule has 0 spiro atoms. The van der Waals surface area contributed by atoms with Gasteiger partial charge in [0.15, 0.2) is 0 Å². The molecule has 104 valence electrons. The van der Waals surface area contributed by atoms with Crippen LogP contribution in [0.4, 0.5) is 5.82 Å². The Bertz CT molecular complexity index is 444. The molecule has 5 heteroatoms. The fourth-order valence-corrected chi connectivity index (χ4v) is 2.64. The molecule has 3 N–H and O–H groups in total. The Balaban J connectivity index is 1.95. The number of nitrogens with one attached hydrogen (secondary N) is 1. The second kappa shape index (κ2) is 6.02. The molecule has 1 fully saturated rings. The first-order chi connectivity index (χ1) is 9.08. The number of hydrogen-bond acceptors (Lipinski definition) is 4. The second-order valence-corrected chi connectivity index (χ2v) is 5.12. The van der Waals surface area contributed by atoms with E-state index in [9.17, 15) is 4.79 Å². The largest absolute Gasteiger partial charge is 0.369 e. The van der Waals surface area contributed by atoms with Gasteiger partial charge >= 0.3 is 0 Å². The zero-order valence-corrected chi connectivity index (χ0v) is 11.7. The van der Waals surface area contributed by atoms with Gasteiger partial charge in [0.05, 0.1) is 11.3 Å². The topological polar surface area (TPSA) is 71.2 Å². The maximum atomic E-state index is 11.3. The minimum atomic E-state index is -0.411. The summed E-state index contributed by atoms with van der Waals surface area (Å²) in [5.74, 6) is 0.408. The molecule has 1 saturated heterocycles. The van der Waals surface area contributed by atoms with E-state index in [4.69, 9.17) is 5.73 Å². The molecule has 0 radical (unpaired) electrons. The molecular weight excluding hydrogens is 240 g/mol. The van der Waals surface area contributed by atoms with Gasteiger partial charge in [-0.2, -0.15) is 0 Å². The Morgan fingerprint density at radius 1 is 1.42 bits per heavy atom. The number of primary amides is 1. The molecule has 0 saturated carbocycles. The van der Waals surface area contributed by atoms with Gasteiger partial charge in [0, 0.05) is 13.1 Å². The van der Waals surface area contributed by atoms with Crippen molar-refractivity contribution in [2.24, 2.45) is 5.73 Å². The van der Waals surface area contributed by atoms with Crippen molar-refractivity contribution in [3.8, 4) is 0 Å². The summed E-state index contributed by atoms with van der Waals surface area (Å²) in [4.78, 5) is 18.1. The van der Waals surface area contributed by atoms with E-state index < -0.39 is 5.91 Å². The Hall–Kier alpha value is -1.62. The van der Waals surface area contributed by atoms with E-state index in [1.807, 2.05) is 19.9 Å². The number of carbonyl (C=O) groups excluding carboxylic acids is 1. The first-order valence-electron chi connectivity index (χ1n) is 6.82.